The van der Waals surface area contributed by atoms with Crippen LogP contribution in [0.4, 0.5) is 0 Å². The average Bonchev–Trinajstić information content (AvgIpc) is 2.89. The quantitative estimate of drug-likeness (QED) is 0.548. The molecule has 1 aliphatic heterocycles. The van der Waals surface area contributed by atoms with E-state index in [0.29, 0.717) is 16.5 Å². The second-order valence-electron chi connectivity index (χ2n) is 5.45. The Morgan fingerprint density at radius 2 is 2.23 bits per heavy atom. The van der Waals surface area contributed by atoms with Gasteiger partial charge in [0.05, 0.1) is 12.6 Å². The number of methoxy groups -OCH3 is 1. The predicted octanol–water partition coefficient (Wildman–Crippen LogP) is 1.54. The van der Waals surface area contributed by atoms with Gasteiger partial charge in [0, 0.05) is 18.0 Å². The number of carbonyl (C=O) groups excluding carboxylic acids is 2. The number of hydrogen-bond acceptors (Lipinski definition) is 4. The summed E-state index contributed by atoms with van der Waals surface area (Å²) in [6, 6.07) is 2.29. The highest BCUT2D eigenvalue weighted by atomic mass is 35.5. The Morgan fingerprint density at radius 1 is 1.50 bits per heavy atom. The number of rotatable bonds is 1. The van der Waals surface area contributed by atoms with Crippen molar-refractivity contribution < 1.29 is 19.4 Å². The van der Waals surface area contributed by atoms with Crippen molar-refractivity contribution in [3.05, 3.63) is 29.5 Å². The van der Waals surface area contributed by atoms with E-state index in [4.69, 9.17) is 16.3 Å². The van der Waals surface area contributed by atoms with Crippen LogP contribution < -0.4 is 5.32 Å². The zero-order valence-electron chi connectivity index (χ0n) is 12.1. The van der Waals surface area contributed by atoms with E-state index in [0.717, 1.165) is 5.56 Å². The molecule has 2 heterocycles. The number of phenols is 1. The van der Waals surface area contributed by atoms with Gasteiger partial charge in [-0.05, 0) is 24.1 Å². The summed E-state index contributed by atoms with van der Waals surface area (Å²) < 4.78 is 4.73. The van der Waals surface area contributed by atoms with Gasteiger partial charge in [-0.1, -0.05) is 6.07 Å². The summed E-state index contributed by atoms with van der Waals surface area (Å²) in [7, 11) is 1.26. The standard InChI is InChI=1S/C15H15ClN2O4/c1-15(16)8-3-4-10(19)12-11(8)7(6-17-12)5-9(13(20)22-2)18-14(15)21/h3-4,6,9,17,19H,5H2,1-2H3,(H,18,21). The van der Waals surface area contributed by atoms with Crippen molar-refractivity contribution in [3.8, 4) is 5.75 Å². The van der Waals surface area contributed by atoms with Crippen LogP contribution in [0.1, 0.15) is 18.1 Å². The van der Waals surface area contributed by atoms with Crippen molar-refractivity contribution in [1.82, 2.24) is 10.3 Å². The molecule has 0 bridgehead atoms. The van der Waals surface area contributed by atoms with Crippen LogP contribution in [-0.2, 0) is 25.6 Å². The number of nitrogens with one attached hydrogen (secondary N) is 2. The van der Waals surface area contributed by atoms with Crippen molar-refractivity contribution in [1.29, 1.82) is 0 Å². The number of carbonyl (C=O) groups is 2. The fourth-order valence-corrected chi connectivity index (χ4v) is 3.04. The van der Waals surface area contributed by atoms with Crippen LogP contribution in [0, 0.1) is 0 Å². The van der Waals surface area contributed by atoms with E-state index >= 15 is 0 Å². The summed E-state index contributed by atoms with van der Waals surface area (Å²) in [4.78, 5) is 25.9. The lowest BCUT2D eigenvalue weighted by molar-refractivity contribution is -0.145. The van der Waals surface area contributed by atoms with Gasteiger partial charge in [0.1, 0.15) is 16.7 Å². The molecule has 6 nitrogen and oxygen atoms in total. The molecule has 3 N–H and O–H groups in total. The van der Waals surface area contributed by atoms with E-state index in [9.17, 15) is 14.7 Å². The number of benzene rings is 1. The molecule has 0 fully saturated rings. The summed E-state index contributed by atoms with van der Waals surface area (Å²) in [5, 5.41) is 13.3. The lowest BCUT2D eigenvalue weighted by atomic mass is 9.89. The van der Waals surface area contributed by atoms with E-state index in [1.165, 1.54) is 13.2 Å². The molecule has 7 heteroatoms. The topological polar surface area (TPSA) is 91.4 Å². The van der Waals surface area contributed by atoms with Crippen LogP contribution in [-0.4, -0.2) is 35.1 Å². The number of aromatic hydroxyl groups is 1. The van der Waals surface area contributed by atoms with Gasteiger partial charge in [-0.25, -0.2) is 4.79 Å². The van der Waals surface area contributed by atoms with Crippen LogP contribution in [0.5, 0.6) is 5.75 Å². The number of aromatic nitrogens is 1. The fraction of sp³-hybridized carbons (Fsp3) is 0.333. The van der Waals surface area contributed by atoms with Crippen molar-refractivity contribution >= 4 is 34.4 Å². The molecule has 0 saturated heterocycles. The van der Waals surface area contributed by atoms with Crippen molar-refractivity contribution in [2.24, 2.45) is 0 Å². The molecule has 2 atom stereocenters. The van der Waals surface area contributed by atoms with E-state index in [2.05, 4.69) is 10.3 Å². The smallest absolute Gasteiger partial charge is 0.328 e. The van der Waals surface area contributed by atoms with E-state index in [1.807, 2.05) is 0 Å². The minimum atomic E-state index is -1.37. The second kappa shape index (κ2) is 4.91. The molecule has 3 rings (SSSR count). The Hall–Kier alpha value is -2.21. The number of hydrogen-bond donors (Lipinski definition) is 3. The first-order valence-corrected chi connectivity index (χ1v) is 7.14. The predicted molar refractivity (Wildman–Crippen MR) is 80.8 cm³/mol. The summed E-state index contributed by atoms with van der Waals surface area (Å²) in [5.74, 6) is -0.963. The lowest BCUT2D eigenvalue weighted by Gasteiger charge is -2.28. The number of H-pyrrole nitrogens is 1. The molecule has 2 aromatic rings. The summed E-state index contributed by atoms with van der Waals surface area (Å²) >= 11 is 6.46. The number of amides is 1. The maximum atomic E-state index is 12.5. The molecule has 0 spiro atoms. The zero-order chi connectivity index (χ0) is 16.1. The Labute approximate surface area is 131 Å². The summed E-state index contributed by atoms with van der Waals surface area (Å²) in [6.45, 7) is 1.56. The zero-order valence-corrected chi connectivity index (χ0v) is 12.8. The Morgan fingerprint density at radius 3 is 2.91 bits per heavy atom. The second-order valence-corrected chi connectivity index (χ2v) is 6.21. The van der Waals surface area contributed by atoms with Crippen LogP contribution >= 0.6 is 11.6 Å². The highest BCUT2D eigenvalue weighted by molar-refractivity contribution is 6.35. The highest BCUT2D eigenvalue weighted by Gasteiger charge is 2.40. The third-order valence-corrected chi connectivity index (χ3v) is 4.42. The average molecular weight is 323 g/mol. The lowest BCUT2D eigenvalue weighted by Crippen LogP contribution is -2.49. The van der Waals surface area contributed by atoms with E-state index in [1.54, 1.807) is 19.2 Å². The first-order valence-electron chi connectivity index (χ1n) is 6.76. The van der Waals surface area contributed by atoms with Gasteiger partial charge in [-0.2, -0.15) is 0 Å². The van der Waals surface area contributed by atoms with Crippen LogP contribution in [0.15, 0.2) is 18.3 Å². The molecule has 1 aromatic heterocycles. The van der Waals surface area contributed by atoms with Crippen LogP contribution in [0.25, 0.3) is 10.9 Å². The van der Waals surface area contributed by atoms with Gasteiger partial charge in [0.2, 0.25) is 5.91 Å². The molecule has 0 saturated carbocycles. The molecule has 116 valence electrons. The molecule has 0 radical (unpaired) electrons. The highest BCUT2D eigenvalue weighted by Crippen LogP contribution is 2.40. The van der Waals surface area contributed by atoms with Gasteiger partial charge in [-0.3, -0.25) is 4.79 Å². The summed E-state index contributed by atoms with van der Waals surface area (Å²) in [6.07, 6.45) is 1.95. The third-order valence-electron chi connectivity index (χ3n) is 4.04. The number of alkyl halides is 1. The van der Waals surface area contributed by atoms with Crippen molar-refractivity contribution in [2.45, 2.75) is 24.3 Å². The van der Waals surface area contributed by atoms with Crippen LogP contribution in [0.3, 0.4) is 0 Å². The van der Waals surface area contributed by atoms with Crippen LogP contribution in [0.2, 0.25) is 0 Å². The van der Waals surface area contributed by atoms with Gasteiger partial charge in [-0.15, -0.1) is 11.6 Å². The number of esters is 1. The number of ether oxygens (including phenoxy) is 1. The minimum Gasteiger partial charge on any atom is -0.506 e. The molecule has 22 heavy (non-hydrogen) atoms. The normalized spacial score (nSPS) is 24.5. The van der Waals surface area contributed by atoms with E-state index < -0.39 is 22.8 Å². The maximum absolute atomic E-state index is 12.5. The molecular formula is C15H15ClN2O4. The maximum Gasteiger partial charge on any atom is 0.328 e. The van der Waals surface area contributed by atoms with Gasteiger partial charge in [0.15, 0.2) is 0 Å². The van der Waals surface area contributed by atoms with Gasteiger partial charge >= 0.3 is 5.97 Å². The molecule has 1 amide bonds. The van der Waals surface area contributed by atoms with Crippen molar-refractivity contribution in [2.75, 3.05) is 7.11 Å². The number of halogens is 1. The SMILES string of the molecule is COC(=O)C1Cc2c[nH]c3c(O)ccc(c23)C(C)(Cl)C(=O)N1. The summed E-state index contributed by atoms with van der Waals surface area (Å²) in [5.41, 5.74) is 1.86. The first-order chi connectivity index (χ1) is 10.4. The fourth-order valence-electron chi connectivity index (χ4n) is 2.83. The van der Waals surface area contributed by atoms with Crippen molar-refractivity contribution in [3.63, 3.8) is 0 Å². The third kappa shape index (κ3) is 2.02. The molecule has 0 aliphatic carbocycles. The van der Waals surface area contributed by atoms with E-state index in [-0.39, 0.29) is 12.2 Å². The molecular weight excluding hydrogens is 308 g/mol. The molecule has 1 aromatic carbocycles. The molecule has 1 aliphatic rings. The molecule has 2 unspecified atom stereocenters. The Kier molecular flexibility index (Phi) is 3.29. The Bertz CT molecular complexity index is 781. The van der Waals surface area contributed by atoms with Gasteiger partial charge < -0.3 is 20.1 Å². The minimum absolute atomic E-state index is 0.0630. The largest absolute Gasteiger partial charge is 0.506 e. The first kappa shape index (κ1) is 14.7. The van der Waals surface area contributed by atoms with Gasteiger partial charge in [0.25, 0.3) is 0 Å². The monoisotopic (exact) mass is 322 g/mol. The Balaban J connectivity index is 2.28. The number of aromatic amines is 1. The number of phenolic OH excluding ortho intramolecular Hbond substituents is 1.